The van der Waals surface area contributed by atoms with Gasteiger partial charge in [-0.05, 0) is 19.9 Å². The van der Waals surface area contributed by atoms with Gasteiger partial charge in [0.1, 0.15) is 5.82 Å². The van der Waals surface area contributed by atoms with Gasteiger partial charge in [-0.2, -0.15) is 0 Å². The summed E-state index contributed by atoms with van der Waals surface area (Å²) in [6, 6.07) is 1.96. The molecule has 3 rings (SSSR count). The van der Waals surface area contributed by atoms with Crippen molar-refractivity contribution in [3.05, 3.63) is 35.9 Å². The van der Waals surface area contributed by atoms with E-state index in [1.807, 2.05) is 26.0 Å². The van der Waals surface area contributed by atoms with Crippen LogP contribution in [0.2, 0.25) is 0 Å². The molecule has 25 heavy (non-hydrogen) atoms. The van der Waals surface area contributed by atoms with Gasteiger partial charge in [-0.1, -0.05) is 29.6 Å². The van der Waals surface area contributed by atoms with Gasteiger partial charge < -0.3 is 14.0 Å². The molecule has 0 spiro atoms. The number of nitrogens with zero attached hydrogens (tertiary/aromatic N) is 5. The molecule has 3 heterocycles. The summed E-state index contributed by atoms with van der Waals surface area (Å²) in [5.74, 6) is 2.23. The highest BCUT2D eigenvalue weighted by atomic mass is 32.2. The molecule has 0 aromatic carbocycles. The van der Waals surface area contributed by atoms with E-state index in [0.29, 0.717) is 31.3 Å². The molecule has 0 bridgehead atoms. The van der Waals surface area contributed by atoms with Crippen molar-refractivity contribution in [2.45, 2.75) is 42.7 Å². The van der Waals surface area contributed by atoms with Crippen molar-refractivity contribution in [2.24, 2.45) is 0 Å². The lowest BCUT2D eigenvalue weighted by Crippen LogP contribution is -2.12. The zero-order valence-electron chi connectivity index (χ0n) is 14.3. The molecule has 1 saturated heterocycles. The van der Waals surface area contributed by atoms with Gasteiger partial charge in [0, 0.05) is 17.9 Å². The molecule has 0 radical (unpaired) electrons. The average molecular weight is 380 g/mol. The third-order valence-corrected chi connectivity index (χ3v) is 5.28. The Labute approximate surface area is 155 Å². The van der Waals surface area contributed by atoms with Crippen LogP contribution < -0.4 is 0 Å². The number of rotatable bonds is 8. The fourth-order valence-corrected chi connectivity index (χ4v) is 4.18. The zero-order chi connectivity index (χ0) is 17.6. The van der Waals surface area contributed by atoms with Crippen LogP contribution in [-0.4, -0.2) is 50.0 Å². The molecule has 2 aromatic heterocycles. The molecule has 1 aliphatic rings. The minimum absolute atomic E-state index is 0.166. The number of thioether (sulfide) groups is 2. The van der Waals surface area contributed by atoms with Crippen molar-refractivity contribution in [3.63, 3.8) is 0 Å². The largest absolute Gasteiger partial charge is 0.349 e. The normalized spacial score (nSPS) is 15.0. The molecule has 0 unspecified atom stereocenters. The molecule has 0 N–H and O–H groups in total. The van der Waals surface area contributed by atoms with E-state index in [9.17, 15) is 0 Å². The summed E-state index contributed by atoms with van der Waals surface area (Å²) in [4.78, 5) is 8.91. The van der Waals surface area contributed by atoms with Crippen LogP contribution in [0, 0.1) is 13.8 Å². The summed E-state index contributed by atoms with van der Waals surface area (Å²) in [5, 5.41) is 10.2. The predicted molar refractivity (Wildman–Crippen MR) is 97.7 cm³/mol. The molecule has 0 atom stereocenters. The van der Waals surface area contributed by atoms with E-state index in [0.717, 1.165) is 27.5 Å². The van der Waals surface area contributed by atoms with Crippen molar-refractivity contribution in [1.29, 1.82) is 0 Å². The fourth-order valence-electron chi connectivity index (χ4n) is 2.38. The van der Waals surface area contributed by atoms with Crippen LogP contribution in [0.15, 0.2) is 29.0 Å². The molecule has 134 valence electrons. The Bertz CT molecular complexity index is 711. The Balaban J connectivity index is 1.66. The van der Waals surface area contributed by atoms with E-state index in [1.165, 1.54) is 0 Å². The fraction of sp³-hybridized carbons (Fsp3) is 0.500. The van der Waals surface area contributed by atoms with Crippen molar-refractivity contribution in [2.75, 3.05) is 19.0 Å². The first kappa shape index (κ1) is 18.4. The topological polar surface area (TPSA) is 75.0 Å². The summed E-state index contributed by atoms with van der Waals surface area (Å²) in [7, 11) is 0. The summed E-state index contributed by atoms with van der Waals surface area (Å²) in [6.45, 7) is 9.74. The second-order valence-electron chi connectivity index (χ2n) is 5.50. The molecule has 0 saturated carbocycles. The number of hydrogen-bond acceptors (Lipinski definition) is 8. The van der Waals surface area contributed by atoms with Crippen LogP contribution in [0.25, 0.3) is 0 Å². The first-order valence-electron chi connectivity index (χ1n) is 8.00. The quantitative estimate of drug-likeness (QED) is 0.394. The molecular formula is C16H21N5O2S2. The highest BCUT2D eigenvalue weighted by molar-refractivity contribution is 7.99. The lowest BCUT2D eigenvalue weighted by molar-refractivity contribution is -0.0215. The Morgan fingerprint density at radius 1 is 1.20 bits per heavy atom. The van der Waals surface area contributed by atoms with Crippen molar-refractivity contribution < 1.29 is 9.47 Å². The zero-order valence-corrected chi connectivity index (χ0v) is 16.0. The Morgan fingerprint density at radius 3 is 2.60 bits per heavy atom. The van der Waals surface area contributed by atoms with E-state index in [-0.39, 0.29) is 6.29 Å². The van der Waals surface area contributed by atoms with Crippen LogP contribution in [0.4, 0.5) is 0 Å². The molecule has 1 fully saturated rings. The third-order valence-electron chi connectivity index (χ3n) is 3.44. The van der Waals surface area contributed by atoms with E-state index in [1.54, 1.807) is 23.5 Å². The van der Waals surface area contributed by atoms with Gasteiger partial charge in [0.15, 0.2) is 16.6 Å². The monoisotopic (exact) mass is 379 g/mol. The summed E-state index contributed by atoms with van der Waals surface area (Å²) in [6.07, 6.45) is 1.68. The number of hydrogen-bond donors (Lipinski definition) is 0. The molecular weight excluding hydrogens is 358 g/mol. The third kappa shape index (κ3) is 5.04. The standard InChI is InChI=1S/C16H21N5O2S2/c1-4-5-21-13(9-24-15-17-11(2)8-12(3)18-15)19-20-16(21)25-10-14-22-6-7-23-14/h4,8,14H,1,5-7,9-10H2,2-3H3. The number of aromatic nitrogens is 5. The first-order chi connectivity index (χ1) is 12.2. The molecule has 0 amide bonds. The van der Waals surface area contributed by atoms with Gasteiger partial charge in [0.25, 0.3) is 0 Å². The second kappa shape index (κ2) is 8.79. The maximum Gasteiger partial charge on any atom is 0.191 e. The van der Waals surface area contributed by atoms with Crippen LogP contribution >= 0.6 is 23.5 Å². The van der Waals surface area contributed by atoms with E-state index in [4.69, 9.17) is 9.47 Å². The van der Waals surface area contributed by atoms with Crippen LogP contribution in [0.3, 0.4) is 0 Å². The second-order valence-corrected chi connectivity index (χ2v) is 7.43. The van der Waals surface area contributed by atoms with Crippen LogP contribution in [-0.2, 0) is 21.8 Å². The predicted octanol–water partition coefficient (Wildman–Crippen LogP) is 2.63. The maximum atomic E-state index is 5.47. The first-order valence-corrected chi connectivity index (χ1v) is 9.97. The highest BCUT2D eigenvalue weighted by Gasteiger charge is 2.19. The average Bonchev–Trinajstić information content (AvgIpc) is 3.21. The lowest BCUT2D eigenvalue weighted by atomic mass is 10.4. The van der Waals surface area contributed by atoms with Gasteiger partial charge in [-0.3, -0.25) is 0 Å². The minimum Gasteiger partial charge on any atom is -0.349 e. The van der Waals surface area contributed by atoms with Crippen molar-refractivity contribution >= 4 is 23.5 Å². The molecule has 7 nitrogen and oxygen atoms in total. The number of ether oxygens (including phenoxy) is 2. The van der Waals surface area contributed by atoms with Crippen molar-refractivity contribution in [1.82, 2.24) is 24.7 Å². The Kier molecular flexibility index (Phi) is 6.46. The van der Waals surface area contributed by atoms with E-state index >= 15 is 0 Å². The summed E-state index contributed by atoms with van der Waals surface area (Å²) in [5.41, 5.74) is 1.94. The molecule has 9 heteroatoms. The van der Waals surface area contributed by atoms with Crippen molar-refractivity contribution in [3.8, 4) is 0 Å². The maximum absolute atomic E-state index is 5.47. The number of aryl methyl sites for hydroxylation is 2. The number of allylic oxidation sites excluding steroid dienone is 1. The Hall–Kier alpha value is -1.42. The molecule has 2 aromatic rings. The van der Waals surface area contributed by atoms with Gasteiger partial charge in [-0.15, -0.1) is 16.8 Å². The SMILES string of the molecule is C=CCn1c(CSc2nc(C)cc(C)n2)nnc1SCC1OCCO1. The van der Waals surface area contributed by atoms with Gasteiger partial charge in [-0.25, -0.2) is 9.97 Å². The van der Waals surface area contributed by atoms with Gasteiger partial charge in [0.05, 0.1) is 24.7 Å². The van der Waals surface area contributed by atoms with Gasteiger partial charge >= 0.3 is 0 Å². The van der Waals surface area contributed by atoms with E-state index < -0.39 is 0 Å². The molecule has 0 aliphatic carbocycles. The smallest absolute Gasteiger partial charge is 0.191 e. The van der Waals surface area contributed by atoms with E-state index in [2.05, 4.69) is 31.3 Å². The van der Waals surface area contributed by atoms with Crippen LogP contribution in [0.1, 0.15) is 17.2 Å². The van der Waals surface area contributed by atoms with Crippen LogP contribution in [0.5, 0.6) is 0 Å². The Morgan fingerprint density at radius 2 is 1.92 bits per heavy atom. The summed E-state index contributed by atoms with van der Waals surface area (Å²) >= 11 is 3.14. The molecule has 1 aliphatic heterocycles. The van der Waals surface area contributed by atoms with Gasteiger partial charge in [0.2, 0.25) is 0 Å². The summed E-state index contributed by atoms with van der Waals surface area (Å²) < 4.78 is 13.0. The lowest BCUT2D eigenvalue weighted by Gasteiger charge is -2.10. The minimum atomic E-state index is -0.166. The highest BCUT2D eigenvalue weighted by Crippen LogP contribution is 2.24.